The summed E-state index contributed by atoms with van der Waals surface area (Å²) >= 11 is 0. The van der Waals surface area contributed by atoms with Crippen molar-refractivity contribution in [3.8, 4) is 5.88 Å². The van der Waals surface area contributed by atoms with E-state index >= 15 is 0 Å². The number of rotatable bonds is 11. The maximum atomic E-state index is 13.8. The van der Waals surface area contributed by atoms with E-state index < -0.39 is 47.6 Å². The van der Waals surface area contributed by atoms with Crippen LogP contribution in [0.1, 0.15) is 66.6 Å². The number of morpholine rings is 1. The van der Waals surface area contributed by atoms with E-state index in [9.17, 15) is 35.9 Å². The number of nitrogens with one attached hydrogen (secondary N) is 1. The van der Waals surface area contributed by atoms with Crippen molar-refractivity contribution >= 4 is 29.3 Å². The third-order valence-corrected chi connectivity index (χ3v) is 8.66. The zero-order valence-corrected chi connectivity index (χ0v) is 27.8. The van der Waals surface area contributed by atoms with Gasteiger partial charge in [-0.25, -0.2) is 14.8 Å². The summed E-state index contributed by atoms with van der Waals surface area (Å²) in [5.41, 5.74) is -1.35. The number of fused-ring (bicyclic) bond motifs is 1. The van der Waals surface area contributed by atoms with E-state index in [1.165, 1.54) is 12.0 Å². The molecule has 2 N–H and O–H groups in total. The number of hydrogen-bond donors (Lipinski definition) is 2. The number of anilines is 3. The minimum atomic E-state index is -5.01. The number of alkyl halides is 6. The van der Waals surface area contributed by atoms with Gasteiger partial charge in [0, 0.05) is 43.6 Å². The Hall–Kier alpha value is -4.80. The molecular weight excluding hydrogens is 688 g/mol. The Balaban J connectivity index is 1.54. The molecule has 4 heterocycles. The van der Waals surface area contributed by atoms with Crippen LogP contribution in [-0.4, -0.2) is 73.2 Å². The van der Waals surface area contributed by atoms with Crippen molar-refractivity contribution < 1.29 is 55.2 Å². The molecule has 276 valence electrons. The zero-order valence-electron chi connectivity index (χ0n) is 27.8. The molecule has 0 aliphatic carbocycles. The molecule has 0 bridgehead atoms. The first kappa shape index (κ1) is 37.5. The van der Waals surface area contributed by atoms with Crippen molar-refractivity contribution in [1.82, 2.24) is 9.97 Å². The van der Waals surface area contributed by atoms with E-state index in [1.54, 1.807) is 24.4 Å². The van der Waals surface area contributed by atoms with Crippen LogP contribution >= 0.6 is 0 Å². The zero-order chi connectivity index (χ0) is 36.9. The third kappa shape index (κ3) is 9.11. The van der Waals surface area contributed by atoms with Gasteiger partial charge in [-0.05, 0) is 55.2 Å². The number of aromatic nitrogens is 2. The number of carbonyl (C=O) groups excluding carboxylic acids is 1. The minimum absolute atomic E-state index is 0.0941. The molecule has 2 atom stereocenters. The van der Waals surface area contributed by atoms with Crippen LogP contribution < -0.4 is 19.9 Å². The number of carboxylic acids is 1. The Morgan fingerprint density at radius 3 is 2.33 bits per heavy atom. The minimum Gasteiger partial charge on any atom is -0.481 e. The Kier molecular flexibility index (Phi) is 11.5. The average Bonchev–Trinajstić information content (AvgIpc) is 3.09. The summed E-state index contributed by atoms with van der Waals surface area (Å²) in [7, 11) is 1.41. The molecule has 17 heteroatoms. The van der Waals surface area contributed by atoms with Gasteiger partial charge in [0.05, 0.1) is 67.4 Å². The first-order chi connectivity index (χ1) is 24.2. The van der Waals surface area contributed by atoms with Gasteiger partial charge >= 0.3 is 24.4 Å². The summed E-state index contributed by atoms with van der Waals surface area (Å²) in [5.74, 6) is -0.589. The fraction of sp³-hybridized carbons (Fsp3) is 0.471. The summed E-state index contributed by atoms with van der Waals surface area (Å²) in [4.78, 5) is 36.9. The standard InChI is InChI=1S/C34H37F6N5O6/c1-3-24-18-26(30-27(6-7-28(43-30)49-2)45(24)32(48)51-10-4-5-29(46)47)42-31-21(16-25(19-41-31)44-8-11-50-12-9-44)13-20-14-22(33(35,36)37)17-23(15-20)34(38,39)40/h6-7,14-17,19,24,26H,3-5,8-13,18H2,1-2H3,(H,41,42)(H,46,47)/t24-,26+/m1/s1. The first-order valence-corrected chi connectivity index (χ1v) is 16.3. The van der Waals surface area contributed by atoms with Gasteiger partial charge in [0.1, 0.15) is 5.82 Å². The summed E-state index contributed by atoms with van der Waals surface area (Å²) in [5, 5.41) is 12.3. The van der Waals surface area contributed by atoms with Crippen molar-refractivity contribution in [2.45, 2.75) is 63.5 Å². The Labute approximate surface area is 289 Å². The van der Waals surface area contributed by atoms with Crippen molar-refractivity contribution in [3.05, 3.63) is 70.5 Å². The van der Waals surface area contributed by atoms with Crippen LogP contribution in [0.5, 0.6) is 5.88 Å². The monoisotopic (exact) mass is 725 g/mol. The Bertz CT molecular complexity index is 1680. The molecule has 2 aliphatic heterocycles. The number of methoxy groups -OCH3 is 1. The van der Waals surface area contributed by atoms with E-state index in [1.807, 2.05) is 11.8 Å². The molecule has 2 aromatic heterocycles. The molecule has 0 saturated carbocycles. The quantitative estimate of drug-likeness (QED) is 0.156. The van der Waals surface area contributed by atoms with Gasteiger partial charge in [-0.1, -0.05) is 6.92 Å². The van der Waals surface area contributed by atoms with Gasteiger partial charge in [0.15, 0.2) is 0 Å². The number of pyridine rings is 2. The second-order valence-corrected chi connectivity index (χ2v) is 12.1. The Morgan fingerprint density at radius 2 is 1.73 bits per heavy atom. The second-order valence-electron chi connectivity index (χ2n) is 12.1. The number of nitrogens with zero attached hydrogens (tertiary/aromatic N) is 4. The predicted octanol–water partition coefficient (Wildman–Crippen LogP) is 7.09. The lowest BCUT2D eigenvalue weighted by Crippen LogP contribution is -2.46. The smallest absolute Gasteiger partial charge is 0.416 e. The maximum absolute atomic E-state index is 13.8. The number of carboxylic acid groups (broad SMARTS) is 1. The van der Waals surface area contributed by atoms with Gasteiger partial charge in [-0.3, -0.25) is 9.69 Å². The lowest BCUT2D eigenvalue weighted by Gasteiger charge is -2.39. The van der Waals surface area contributed by atoms with Gasteiger partial charge in [-0.2, -0.15) is 26.3 Å². The molecule has 51 heavy (non-hydrogen) atoms. The summed E-state index contributed by atoms with van der Waals surface area (Å²) in [6, 6.07) is 5.31. The topological polar surface area (TPSA) is 126 Å². The van der Waals surface area contributed by atoms with Crippen LogP contribution in [0.3, 0.4) is 0 Å². The number of carbonyl (C=O) groups is 2. The van der Waals surface area contributed by atoms with Gasteiger partial charge in [0.2, 0.25) is 5.88 Å². The number of halogens is 6. The summed E-state index contributed by atoms with van der Waals surface area (Å²) in [6.07, 6.45) is -8.80. The fourth-order valence-electron chi connectivity index (χ4n) is 6.15. The van der Waals surface area contributed by atoms with E-state index in [4.69, 9.17) is 19.3 Å². The van der Waals surface area contributed by atoms with E-state index in [-0.39, 0.29) is 55.6 Å². The van der Waals surface area contributed by atoms with Gasteiger partial charge in [0.25, 0.3) is 0 Å². The molecule has 0 spiro atoms. The summed E-state index contributed by atoms with van der Waals surface area (Å²) < 4.78 is 98.8. The van der Waals surface area contributed by atoms with Crippen molar-refractivity contribution in [3.63, 3.8) is 0 Å². The van der Waals surface area contributed by atoms with E-state index in [2.05, 4.69) is 15.3 Å². The Morgan fingerprint density at radius 1 is 1.04 bits per heavy atom. The predicted molar refractivity (Wildman–Crippen MR) is 173 cm³/mol. The van der Waals surface area contributed by atoms with E-state index in [0.29, 0.717) is 67.5 Å². The number of hydrogen-bond acceptors (Lipinski definition) is 9. The normalized spacial score (nSPS) is 17.9. The fourth-order valence-corrected chi connectivity index (χ4v) is 6.15. The van der Waals surface area contributed by atoms with Crippen LogP contribution in [0.4, 0.5) is 48.3 Å². The molecule has 0 radical (unpaired) electrons. The van der Waals surface area contributed by atoms with Crippen LogP contribution in [0.15, 0.2) is 42.6 Å². The number of amides is 1. The van der Waals surface area contributed by atoms with Crippen molar-refractivity contribution in [2.75, 3.05) is 55.1 Å². The highest BCUT2D eigenvalue weighted by Crippen LogP contribution is 2.42. The number of aliphatic carboxylic acids is 1. The molecule has 1 saturated heterocycles. The molecule has 1 amide bonds. The largest absolute Gasteiger partial charge is 0.481 e. The summed E-state index contributed by atoms with van der Waals surface area (Å²) in [6.45, 7) is 3.63. The molecular formula is C34H37F6N5O6. The molecule has 3 aromatic rings. The van der Waals surface area contributed by atoms with Crippen LogP contribution in [0, 0.1) is 0 Å². The van der Waals surface area contributed by atoms with Crippen LogP contribution in [0.2, 0.25) is 0 Å². The lowest BCUT2D eigenvalue weighted by atomic mass is 9.93. The van der Waals surface area contributed by atoms with Crippen molar-refractivity contribution in [2.24, 2.45) is 0 Å². The third-order valence-electron chi connectivity index (χ3n) is 8.66. The maximum Gasteiger partial charge on any atom is 0.416 e. The van der Waals surface area contributed by atoms with Crippen LogP contribution in [-0.2, 0) is 33.0 Å². The highest BCUT2D eigenvalue weighted by Gasteiger charge is 2.39. The molecule has 2 aliphatic rings. The van der Waals surface area contributed by atoms with Gasteiger partial charge in [-0.15, -0.1) is 0 Å². The lowest BCUT2D eigenvalue weighted by molar-refractivity contribution is -0.143. The highest BCUT2D eigenvalue weighted by atomic mass is 19.4. The van der Waals surface area contributed by atoms with Gasteiger partial charge < -0.3 is 29.5 Å². The first-order valence-electron chi connectivity index (χ1n) is 16.3. The number of ether oxygens (including phenoxy) is 3. The highest BCUT2D eigenvalue weighted by molar-refractivity contribution is 5.90. The molecule has 0 unspecified atom stereocenters. The van der Waals surface area contributed by atoms with Crippen LogP contribution in [0.25, 0.3) is 0 Å². The number of benzene rings is 1. The molecule has 1 fully saturated rings. The SMILES string of the molecule is CC[C@@H]1C[C@H](Nc2ncc(N3CCOCC3)cc2Cc2cc(C(F)(F)F)cc(C(F)(F)F)c2)c2nc(OC)ccc2N1C(=O)OCCCC(=O)O. The second kappa shape index (κ2) is 15.6. The average molecular weight is 726 g/mol. The molecule has 11 nitrogen and oxygen atoms in total. The molecule has 1 aromatic carbocycles. The van der Waals surface area contributed by atoms with Crippen molar-refractivity contribution in [1.29, 1.82) is 0 Å². The molecule has 5 rings (SSSR count). The van der Waals surface area contributed by atoms with E-state index in [0.717, 1.165) is 0 Å².